The second-order valence-corrected chi connectivity index (χ2v) is 11.8. The molecule has 162 valence electrons. The van der Waals surface area contributed by atoms with Gasteiger partial charge in [0.15, 0.2) is 11.5 Å². The van der Waals surface area contributed by atoms with Crippen molar-refractivity contribution in [1.82, 2.24) is 14.6 Å². The van der Waals surface area contributed by atoms with E-state index >= 15 is 0 Å². The molecule has 1 aromatic carbocycles. The Labute approximate surface area is 188 Å². The van der Waals surface area contributed by atoms with Gasteiger partial charge in [0.25, 0.3) is 0 Å². The van der Waals surface area contributed by atoms with Crippen LogP contribution in [-0.2, 0) is 10.0 Å². The van der Waals surface area contributed by atoms with Crippen LogP contribution in [-0.4, -0.2) is 24.4 Å². The highest BCUT2D eigenvalue weighted by atomic mass is 28.2. The summed E-state index contributed by atoms with van der Waals surface area (Å²) in [4.78, 5) is 4.85. The van der Waals surface area contributed by atoms with Gasteiger partial charge in [-0.25, -0.2) is 9.50 Å². The summed E-state index contributed by atoms with van der Waals surface area (Å²) in [6.45, 7) is 16.9. The molecule has 1 unspecified atom stereocenters. The number of nitrogens with zero attached hydrogens (tertiary/aromatic N) is 4. The Balaban J connectivity index is 2.24. The number of hydrogen-bond acceptors (Lipinski definition) is 4. The van der Waals surface area contributed by atoms with Crippen molar-refractivity contribution in [3.05, 3.63) is 53.5 Å². The number of nitriles is 1. The van der Waals surface area contributed by atoms with Gasteiger partial charge >= 0.3 is 0 Å². The first kappa shape index (κ1) is 23.2. The van der Waals surface area contributed by atoms with E-state index in [0.717, 1.165) is 33.7 Å². The molecule has 0 N–H and O–H groups in total. The van der Waals surface area contributed by atoms with Crippen molar-refractivity contribution in [2.45, 2.75) is 77.9 Å². The Morgan fingerprint density at radius 1 is 1.06 bits per heavy atom. The minimum Gasteiger partial charge on any atom is -0.408 e. The third-order valence-electron chi connectivity index (χ3n) is 5.18. The van der Waals surface area contributed by atoms with Gasteiger partial charge in [-0.05, 0) is 43.0 Å². The summed E-state index contributed by atoms with van der Waals surface area (Å²) < 4.78 is 8.26. The van der Waals surface area contributed by atoms with Gasteiger partial charge in [0, 0.05) is 23.2 Å². The van der Waals surface area contributed by atoms with Crippen LogP contribution in [0.4, 0.5) is 0 Å². The van der Waals surface area contributed by atoms with Crippen molar-refractivity contribution in [3.63, 3.8) is 0 Å². The molecule has 0 spiro atoms. The summed E-state index contributed by atoms with van der Waals surface area (Å²) in [6, 6.07) is 12.6. The summed E-state index contributed by atoms with van der Waals surface area (Å²) in [5, 5.41) is 14.4. The Bertz CT molecular complexity index is 1120. The molecule has 0 aliphatic rings. The Morgan fingerprint density at radius 3 is 2.35 bits per heavy atom. The van der Waals surface area contributed by atoms with Crippen LogP contribution in [0.15, 0.2) is 36.5 Å². The maximum atomic E-state index is 9.58. The third kappa shape index (κ3) is 5.05. The van der Waals surface area contributed by atoms with E-state index in [4.69, 9.17) is 14.5 Å². The predicted octanol–water partition coefficient (Wildman–Crippen LogP) is 6.24. The Hall–Kier alpha value is -2.49. The molecule has 0 aliphatic carbocycles. The Morgan fingerprint density at radius 2 is 1.74 bits per heavy atom. The number of fused-ring (bicyclic) bond motifs is 1. The molecule has 2 aromatic heterocycles. The lowest BCUT2D eigenvalue weighted by Gasteiger charge is -2.30. The molecule has 0 aliphatic heterocycles. The van der Waals surface area contributed by atoms with Crippen molar-refractivity contribution in [2.24, 2.45) is 0 Å². The Kier molecular flexibility index (Phi) is 6.40. The van der Waals surface area contributed by atoms with Gasteiger partial charge in [-0.2, -0.15) is 10.4 Å². The van der Waals surface area contributed by atoms with Crippen molar-refractivity contribution >= 4 is 15.4 Å². The quantitative estimate of drug-likeness (QED) is 0.433. The molecule has 0 amide bonds. The third-order valence-corrected chi connectivity index (χ3v) is 6.41. The first-order chi connectivity index (χ1) is 14.4. The van der Waals surface area contributed by atoms with Crippen LogP contribution < -0.4 is 0 Å². The molecule has 1 atom stereocenters. The van der Waals surface area contributed by atoms with E-state index in [2.05, 4.69) is 66.7 Å². The summed E-state index contributed by atoms with van der Waals surface area (Å²) in [5.41, 5.74) is 4.33. The second kappa shape index (κ2) is 8.56. The van der Waals surface area contributed by atoms with Crippen molar-refractivity contribution in [1.29, 1.82) is 5.26 Å². The highest BCUT2D eigenvalue weighted by molar-refractivity contribution is 6.31. The molecule has 5 nitrogen and oxygen atoms in total. The van der Waals surface area contributed by atoms with Crippen LogP contribution in [0.3, 0.4) is 0 Å². The number of hydrogen-bond donors (Lipinski definition) is 0. The lowest BCUT2D eigenvalue weighted by molar-refractivity contribution is 0.109. The molecule has 6 heteroatoms. The summed E-state index contributed by atoms with van der Waals surface area (Å²) in [6.07, 6.45) is 2.03. The van der Waals surface area contributed by atoms with Gasteiger partial charge in [0.1, 0.15) is 0 Å². The normalized spacial score (nSPS) is 13.5. The minimum absolute atomic E-state index is 0.0943. The fraction of sp³-hybridized carbons (Fsp3) is 0.480. The average Bonchev–Trinajstić information content (AvgIpc) is 3.15. The summed E-state index contributed by atoms with van der Waals surface area (Å²) >= 11 is 0. The first-order valence-corrected chi connectivity index (χ1v) is 11.7. The van der Waals surface area contributed by atoms with Crippen molar-refractivity contribution in [2.75, 3.05) is 0 Å². The molecule has 0 saturated carbocycles. The van der Waals surface area contributed by atoms with Gasteiger partial charge in [0.05, 0.1) is 17.6 Å². The number of benzene rings is 1. The second-order valence-electron chi connectivity index (χ2n) is 9.94. The summed E-state index contributed by atoms with van der Waals surface area (Å²) in [7, 11) is 0.365. The van der Waals surface area contributed by atoms with Gasteiger partial charge in [-0.3, -0.25) is 0 Å². The van der Waals surface area contributed by atoms with Gasteiger partial charge in [0.2, 0.25) is 9.76 Å². The lowest BCUT2D eigenvalue weighted by atomic mass is 9.90. The average molecular weight is 433 g/mol. The zero-order valence-corrected chi connectivity index (χ0v) is 20.8. The molecule has 31 heavy (non-hydrogen) atoms. The number of pyridine rings is 1. The molecular formula is C25H32N4OSi. The van der Waals surface area contributed by atoms with E-state index in [1.165, 1.54) is 0 Å². The predicted molar refractivity (Wildman–Crippen MR) is 126 cm³/mol. The van der Waals surface area contributed by atoms with Crippen LogP contribution in [0.1, 0.15) is 84.2 Å². The van der Waals surface area contributed by atoms with Crippen LogP contribution >= 0.6 is 0 Å². The zero-order valence-electron chi connectivity index (χ0n) is 19.8. The fourth-order valence-electron chi connectivity index (χ4n) is 3.30. The highest BCUT2D eigenvalue weighted by Crippen LogP contribution is 2.36. The van der Waals surface area contributed by atoms with Crippen LogP contribution in [0.25, 0.3) is 16.8 Å². The maximum Gasteiger partial charge on any atom is 0.236 e. The molecule has 0 fully saturated rings. The van der Waals surface area contributed by atoms with Crippen molar-refractivity contribution < 1.29 is 4.43 Å². The number of aromatic nitrogens is 3. The van der Waals surface area contributed by atoms with Crippen molar-refractivity contribution in [3.8, 4) is 17.2 Å². The van der Waals surface area contributed by atoms with E-state index in [-0.39, 0.29) is 16.9 Å². The zero-order chi connectivity index (χ0) is 23.0. The summed E-state index contributed by atoms with van der Waals surface area (Å²) in [5.74, 6) is 0.801. The van der Waals surface area contributed by atoms with Crippen LogP contribution in [0.2, 0.25) is 5.04 Å². The molecule has 3 rings (SSSR count). The first-order valence-electron chi connectivity index (χ1n) is 10.8. The van der Waals surface area contributed by atoms with Gasteiger partial charge < -0.3 is 4.43 Å². The van der Waals surface area contributed by atoms with Crippen LogP contribution in [0, 0.1) is 11.3 Å². The molecule has 0 saturated heterocycles. The molecule has 2 heterocycles. The van der Waals surface area contributed by atoms with E-state index in [1.807, 2.05) is 35.8 Å². The highest BCUT2D eigenvalue weighted by Gasteiger charge is 2.28. The lowest BCUT2D eigenvalue weighted by Crippen LogP contribution is -2.28. The topological polar surface area (TPSA) is 63.2 Å². The molecule has 0 bridgehead atoms. The largest absolute Gasteiger partial charge is 0.408 e. The minimum atomic E-state index is -0.492. The van der Waals surface area contributed by atoms with Gasteiger partial charge in [-0.15, -0.1) is 0 Å². The molecular weight excluding hydrogens is 400 g/mol. The van der Waals surface area contributed by atoms with Crippen LogP contribution in [0.5, 0.6) is 0 Å². The molecule has 2 radical (unpaired) electrons. The van der Waals surface area contributed by atoms with E-state index in [1.54, 1.807) is 0 Å². The SMILES string of the molecule is CC(C)c1nc2c(-c3ccccc3C(C)C#N)cc(C(C)(C)O[Si]C(C)(C)C)cn2n1. The molecule has 3 aromatic rings. The van der Waals surface area contributed by atoms with Gasteiger partial charge in [-0.1, -0.05) is 58.9 Å². The number of rotatable bonds is 6. The smallest absolute Gasteiger partial charge is 0.236 e. The van der Waals surface area contributed by atoms with E-state index in [0.29, 0.717) is 9.76 Å². The fourth-order valence-corrected chi connectivity index (χ4v) is 3.98. The monoisotopic (exact) mass is 432 g/mol. The van der Waals surface area contributed by atoms with E-state index in [9.17, 15) is 5.26 Å². The van der Waals surface area contributed by atoms with E-state index < -0.39 is 5.60 Å². The maximum absolute atomic E-state index is 9.58. The standard InChI is InChI=1S/C25H32N4OSi/c1-16(2)22-27-23-21(20-12-10-9-11-19(20)17(3)14-26)13-18(15-29(23)28-22)25(7,8)30-31-24(4,5)6/h9-13,15-17H,1-8H3.